The maximum atomic E-state index is 13.1. The molecule has 0 aliphatic carbocycles. The second kappa shape index (κ2) is 10.8. The molecule has 32 heavy (non-hydrogen) atoms. The van der Waals surface area contributed by atoms with E-state index in [9.17, 15) is 18.0 Å². The lowest BCUT2D eigenvalue weighted by atomic mass is 9.98. The molecule has 8 heteroatoms. The first kappa shape index (κ1) is 24.7. The minimum absolute atomic E-state index is 0.0179. The van der Waals surface area contributed by atoms with Gasteiger partial charge in [0.1, 0.15) is 0 Å². The van der Waals surface area contributed by atoms with Crippen molar-refractivity contribution in [3.8, 4) is 0 Å². The molecule has 0 spiro atoms. The second-order valence-corrected chi connectivity index (χ2v) is 11.0. The minimum Gasteiger partial charge on any atom is -0.349 e. The molecular weight excluding hydrogens is 426 g/mol. The van der Waals surface area contributed by atoms with Crippen LogP contribution < -0.4 is 5.32 Å². The van der Waals surface area contributed by atoms with Crippen molar-refractivity contribution in [2.75, 3.05) is 19.6 Å². The van der Waals surface area contributed by atoms with Crippen molar-refractivity contribution in [3.05, 3.63) is 29.8 Å². The molecule has 1 aromatic rings. The quantitative estimate of drug-likeness (QED) is 0.671. The highest BCUT2D eigenvalue weighted by Gasteiger charge is 2.32. The number of nitrogens with zero attached hydrogens (tertiary/aromatic N) is 2. The third-order valence-electron chi connectivity index (χ3n) is 6.92. The fourth-order valence-electron chi connectivity index (χ4n) is 4.77. The van der Waals surface area contributed by atoms with Crippen LogP contribution in [0.25, 0.3) is 0 Å². The SMILES string of the molecule is CCC(CC)C(=O)N1CCC(NC(=O)c2cccc(S(=O)(=O)N3CCCCC3C)c2)CC1. The summed E-state index contributed by atoms with van der Waals surface area (Å²) in [5.74, 6) is 0.0246. The van der Waals surface area contributed by atoms with Crippen molar-refractivity contribution in [2.45, 2.75) is 82.7 Å². The maximum Gasteiger partial charge on any atom is 0.251 e. The largest absolute Gasteiger partial charge is 0.349 e. The highest BCUT2D eigenvalue weighted by Crippen LogP contribution is 2.26. The van der Waals surface area contributed by atoms with E-state index in [0.29, 0.717) is 38.0 Å². The monoisotopic (exact) mass is 463 g/mol. The van der Waals surface area contributed by atoms with Crippen LogP contribution in [0.2, 0.25) is 0 Å². The summed E-state index contributed by atoms with van der Waals surface area (Å²) in [5.41, 5.74) is 0.353. The molecular formula is C24H37N3O4S. The van der Waals surface area contributed by atoms with Crippen LogP contribution in [0.15, 0.2) is 29.2 Å². The standard InChI is InChI=1S/C24H37N3O4S/c1-4-19(5-2)24(29)26-15-12-21(13-16-26)25-23(28)20-10-8-11-22(17-20)32(30,31)27-14-7-6-9-18(27)3/h8,10-11,17-19,21H,4-7,9,12-16H2,1-3H3,(H,25,28). The Morgan fingerprint density at radius 2 is 1.75 bits per heavy atom. The number of nitrogens with one attached hydrogen (secondary N) is 1. The van der Waals surface area contributed by atoms with Gasteiger partial charge in [0.15, 0.2) is 0 Å². The molecule has 1 atom stereocenters. The van der Waals surface area contributed by atoms with Gasteiger partial charge in [-0.25, -0.2) is 8.42 Å². The Morgan fingerprint density at radius 1 is 1.06 bits per heavy atom. The molecule has 1 N–H and O–H groups in total. The predicted octanol–water partition coefficient (Wildman–Crippen LogP) is 3.41. The molecule has 178 valence electrons. The van der Waals surface area contributed by atoms with Gasteiger partial charge in [0.2, 0.25) is 15.9 Å². The summed E-state index contributed by atoms with van der Waals surface area (Å²) in [4.78, 5) is 27.5. The van der Waals surface area contributed by atoms with Crippen molar-refractivity contribution in [1.82, 2.24) is 14.5 Å². The maximum absolute atomic E-state index is 13.1. The first-order valence-corrected chi connectivity index (χ1v) is 13.4. The number of sulfonamides is 1. The average molecular weight is 464 g/mol. The van der Waals surface area contributed by atoms with Gasteiger partial charge in [-0.05, 0) is 63.6 Å². The van der Waals surface area contributed by atoms with E-state index in [-0.39, 0.29) is 34.7 Å². The molecule has 0 bridgehead atoms. The van der Waals surface area contributed by atoms with Crippen LogP contribution in [0.3, 0.4) is 0 Å². The Hall–Kier alpha value is -1.93. The van der Waals surface area contributed by atoms with Crippen LogP contribution in [0.1, 0.15) is 76.1 Å². The van der Waals surface area contributed by atoms with E-state index in [1.165, 1.54) is 6.07 Å². The van der Waals surface area contributed by atoms with E-state index >= 15 is 0 Å². The van der Waals surface area contributed by atoms with Crippen LogP contribution >= 0.6 is 0 Å². The fourth-order valence-corrected chi connectivity index (χ4v) is 6.52. The molecule has 2 amide bonds. The molecule has 1 aromatic carbocycles. The lowest BCUT2D eigenvalue weighted by molar-refractivity contribution is -0.136. The van der Waals surface area contributed by atoms with Gasteiger partial charge in [0.05, 0.1) is 4.90 Å². The van der Waals surface area contributed by atoms with Crippen LogP contribution in [-0.2, 0) is 14.8 Å². The molecule has 7 nitrogen and oxygen atoms in total. The summed E-state index contributed by atoms with van der Waals surface area (Å²) in [6, 6.07) is 6.29. The first-order valence-electron chi connectivity index (χ1n) is 12.0. The summed E-state index contributed by atoms with van der Waals surface area (Å²) in [5, 5.41) is 3.03. The van der Waals surface area contributed by atoms with E-state index in [2.05, 4.69) is 5.32 Å². The van der Waals surface area contributed by atoms with Crippen LogP contribution in [0, 0.1) is 5.92 Å². The van der Waals surface area contributed by atoms with Gasteiger partial charge >= 0.3 is 0 Å². The van der Waals surface area contributed by atoms with Gasteiger partial charge in [0.25, 0.3) is 5.91 Å². The lowest BCUT2D eigenvalue weighted by Crippen LogP contribution is -2.48. The average Bonchev–Trinajstić information content (AvgIpc) is 2.80. The molecule has 2 aliphatic rings. The number of piperidine rings is 2. The van der Waals surface area contributed by atoms with Gasteiger partial charge in [-0.1, -0.05) is 26.3 Å². The van der Waals surface area contributed by atoms with Crippen molar-refractivity contribution in [3.63, 3.8) is 0 Å². The van der Waals surface area contributed by atoms with Crippen molar-refractivity contribution in [1.29, 1.82) is 0 Å². The molecule has 2 fully saturated rings. The lowest BCUT2D eigenvalue weighted by Gasteiger charge is -2.34. The third-order valence-corrected chi connectivity index (χ3v) is 8.93. The summed E-state index contributed by atoms with van der Waals surface area (Å²) >= 11 is 0. The van der Waals surface area contributed by atoms with E-state index in [1.807, 2.05) is 25.7 Å². The van der Waals surface area contributed by atoms with Crippen molar-refractivity contribution >= 4 is 21.8 Å². The number of carbonyl (C=O) groups excluding carboxylic acids is 2. The molecule has 2 saturated heterocycles. The zero-order valence-electron chi connectivity index (χ0n) is 19.5. The molecule has 0 saturated carbocycles. The second-order valence-electron chi connectivity index (χ2n) is 9.07. The topological polar surface area (TPSA) is 86.8 Å². The molecule has 2 aliphatic heterocycles. The Balaban J connectivity index is 1.62. The number of hydrogen-bond donors (Lipinski definition) is 1. The number of hydrogen-bond acceptors (Lipinski definition) is 4. The van der Waals surface area contributed by atoms with Crippen molar-refractivity contribution in [2.24, 2.45) is 5.92 Å². The number of likely N-dealkylation sites (tertiary alicyclic amines) is 1. The number of amides is 2. The van der Waals surface area contributed by atoms with Gasteiger partial charge in [-0.15, -0.1) is 0 Å². The van der Waals surface area contributed by atoms with Gasteiger partial charge in [0, 0.05) is 43.2 Å². The number of rotatable bonds is 7. The zero-order valence-corrected chi connectivity index (χ0v) is 20.4. The van der Waals surface area contributed by atoms with Gasteiger partial charge < -0.3 is 10.2 Å². The van der Waals surface area contributed by atoms with Crippen LogP contribution in [-0.4, -0.2) is 61.2 Å². The Bertz CT molecular complexity index is 906. The molecule has 1 unspecified atom stereocenters. The first-order chi connectivity index (χ1) is 15.3. The third kappa shape index (κ3) is 5.52. The molecule has 0 radical (unpaired) electrons. The Kier molecular flexibility index (Phi) is 8.33. The predicted molar refractivity (Wildman–Crippen MR) is 125 cm³/mol. The van der Waals surface area contributed by atoms with Gasteiger partial charge in [-0.3, -0.25) is 9.59 Å². The summed E-state index contributed by atoms with van der Waals surface area (Å²) in [7, 11) is -3.62. The highest BCUT2D eigenvalue weighted by molar-refractivity contribution is 7.89. The Morgan fingerprint density at radius 3 is 2.38 bits per heavy atom. The summed E-state index contributed by atoms with van der Waals surface area (Å²) in [6.07, 6.45) is 5.88. The van der Waals surface area contributed by atoms with E-state index in [0.717, 1.165) is 32.1 Å². The van der Waals surface area contributed by atoms with Gasteiger partial charge in [-0.2, -0.15) is 4.31 Å². The molecule has 2 heterocycles. The smallest absolute Gasteiger partial charge is 0.251 e. The van der Waals surface area contributed by atoms with E-state index in [4.69, 9.17) is 0 Å². The Labute approximate surface area is 192 Å². The zero-order chi connectivity index (χ0) is 23.3. The summed E-state index contributed by atoms with van der Waals surface area (Å²) < 4.78 is 27.8. The number of benzene rings is 1. The van der Waals surface area contributed by atoms with Crippen LogP contribution in [0.5, 0.6) is 0 Å². The summed E-state index contributed by atoms with van der Waals surface area (Å²) in [6.45, 7) is 7.82. The minimum atomic E-state index is -3.62. The van der Waals surface area contributed by atoms with Crippen molar-refractivity contribution < 1.29 is 18.0 Å². The fraction of sp³-hybridized carbons (Fsp3) is 0.667. The van der Waals surface area contributed by atoms with Crippen LogP contribution in [0.4, 0.5) is 0 Å². The molecule has 3 rings (SSSR count). The molecule has 0 aromatic heterocycles. The normalized spacial score (nSPS) is 21.0. The number of carbonyl (C=O) groups is 2. The van der Waals surface area contributed by atoms with E-state index < -0.39 is 10.0 Å². The van der Waals surface area contributed by atoms with E-state index in [1.54, 1.807) is 22.5 Å². The highest BCUT2D eigenvalue weighted by atomic mass is 32.2.